The number of fused-ring (bicyclic) bond motifs is 1. The minimum Gasteiger partial charge on any atom is -0.477 e. The molecule has 1 unspecified atom stereocenters. The Balaban J connectivity index is 1.66. The summed E-state index contributed by atoms with van der Waals surface area (Å²) >= 11 is 0. The number of anilines is 3. The van der Waals surface area contributed by atoms with Crippen LogP contribution in [0.3, 0.4) is 0 Å². The van der Waals surface area contributed by atoms with E-state index in [2.05, 4.69) is 51.6 Å². The van der Waals surface area contributed by atoms with Gasteiger partial charge in [-0.1, -0.05) is 42.5 Å². The second-order valence-electron chi connectivity index (χ2n) is 6.85. The van der Waals surface area contributed by atoms with E-state index in [0.717, 1.165) is 23.2 Å². The maximum Gasteiger partial charge on any atom is 0.276 e. The van der Waals surface area contributed by atoms with Crippen molar-refractivity contribution in [1.29, 1.82) is 0 Å². The molecule has 144 valence electrons. The molecule has 4 rings (SSSR count). The number of hydrogen-bond donors (Lipinski definition) is 2. The maximum absolute atomic E-state index is 5.92. The molecular weight excluding hydrogens is 352 g/mol. The fourth-order valence-corrected chi connectivity index (χ4v) is 3.65. The van der Waals surface area contributed by atoms with Crippen LogP contribution in [0.1, 0.15) is 23.6 Å². The molecule has 0 saturated carbocycles. The first-order valence-electron chi connectivity index (χ1n) is 9.37. The van der Waals surface area contributed by atoms with Crippen molar-refractivity contribution < 1.29 is 4.74 Å². The number of nitrogens with two attached hydrogens (primary N) is 1. The van der Waals surface area contributed by atoms with Crippen LogP contribution in [0, 0.1) is 0 Å². The number of methoxy groups -OCH3 is 1. The lowest BCUT2D eigenvalue weighted by Gasteiger charge is -2.23. The lowest BCUT2D eigenvalue weighted by Crippen LogP contribution is -2.26. The van der Waals surface area contributed by atoms with E-state index in [1.165, 1.54) is 5.56 Å². The van der Waals surface area contributed by atoms with Gasteiger partial charge >= 0.3 is 0 Å². The third-order valence-corrected chi connectivity index (χ3v) is 5.02. The summed E-state index contributed by atoms with van der Waals surface area (Å²) in [6.45, 7) is 3.30. The van der Waals surface area contributed by atoms with Gasteiger partial charge in [-0.3, -0.25) is 0 Å². The molecule has 0 fully saturated rings. The van der Waals surface area contributed by atoms with Gasteiger partial charge in [0.1, 0.15) is 0 Å². The lowest BCUT2D eigenvalue weighted by molar-refractivity contribution is 0.391. The third-order valence-electron chi connectivity index (χ3n) is 5.02. The predicted molar refractivity (Wildman–Crippen MR) is 110 cm³/mol. The molecule has 0 bridgehead atoms. The average Bonchev–Trinajstić information content (AvgIpc) is 3.08. The van der Waals surface area contributed by atoms with Crippen molar-refractivity contribution in [3.05, 3.63) is 65.2 Å². The molecule has 2 aromatic carbocycles. The van der Waals surface area contributed by atoms with Gasteiger partial charge in [-0.2, -0.15) is 4.98 Å². The van der Waals surface area contributed by atoms with E-state index in [1.54, 1.807) is 7.11 Å². The Labute approximate surface area is 164 Å². The Morgan fingerprint density at radius 1 is 1.14 bits per heavy atom. The monoisotopic (exact) mass is 376 g/mol. The molecule has 0 radical (unpaired) electrons. The quantitative estimate of drug-likeness (QED) is 0.683. The standard InChI is InChI=1S/C21H24N6O/c1-14-11-17-16(12-22)9-6-10-18(17)27(14)21-24-19(20(28-2)25-26-21)23-13-15-7-4-3-5-8-15/h3-10,14H,11-13,22H2,1-2H3,(H,23,24,26). The van der Waals surface area contributed by atoms with Gasteiger partial charge in [0.15, 0.2) is 5.82 Å². The molecule has 0 saturated heterocycles. The number of nitrogens with one attached hydrogen (secondary N) is 1. The van der Waals surface area contributed by atoms with E-state index in [-0.39, 0.29) is 6.04 Å². The largest absolute Gasteiger partial charge is 0.477 e. The van der Waals surface area contributed by atoms with Crippen LogP contribution < -0.4 is 20.7 Å². The topological polar surface area (TPSA) is 89.2 Å². The summed E-state index contributed by atoms with van der Waals surface area (Å²) in [7, 11) is 1.57. The second kappa shape index (κ2) is 7.82. The Hall–Kier alpha value is -3.19. The number of rotatable bonds is 6. The van der Waals surface area contributed by atoms with Gasteiger partial charge in [0, 0.05) is 24.8 Å². The van der Waals surface area contributed by atoms with Crippen LogP contribution in [0.2, 0.25) is 0 Å². The SMILES string of the molecule is COc1nnc(N2c3cccc(CN)c3CC2C)nc1NCc1ccccc1. The lowest BCUT2D eigenvalue weighted by atomic mass is 10.0. The zero-order valence-corrected chi connectivity index (χ0v) is 16.1. The molecule has 1 aliphatic heterocycles. The van der Waals surface area contributed by atoms with E-state index in [0.29, 0.717) is 30.7 Å². The van der Waals surface area contributed by atoms with Crippen molar-refractivity contribution in [2.75, 3.05) is 17.3 Å². The number of ether oxygens (including phenoxy) is 1. The summed E-state index contributed by atoms with van der Waals surface area (Å²) in [5.41, 5.74) is 10.6. The molecule has 1 atom stereocenters. The number of benzene rings is 2. The minimum absolute atomic E-state index is 0.222. The predicted octanol–water partition coefficient (Wildman–Crippen LogP) is 3.03. The van der Waals surface area contributed by atoms with Crippen molar-refractivity contribution in [2.45, 2.75) is 32.5 Å². The highest BCUT2D eigenvalue weighted by Crippen LogP contribution is 2.39. The van der Waals surface area contributed by atoms with Crippen molar-refractivity contribution in [3.8, 4) is 5.88 Å². The fraction of sp³-hybridized carbons (Fsp3) is 0.286. The normalized spacial score (nSPS) is 15.4. The Kier molecular flexibility index (Phi) is 5.08. The van der Waals surface area contributed by atoms with Crippen molar-refractivity contribution in [3.63, 3.8) is 0 Å². The molecule has 3 N–H and O–H groups in total. The van der Waals surface area contributed by atoms with Crippen LogP contribution in [0.4, 0.5) is 17.5 Å². The van der Waals surface area contributed by atoms with E-state index >= 15 is 0 Å². The fourth-order valence-electron chi connectivity index (χ4n) is 3.65. The minimum atomic E-state index is 0.222. The smallest absolute Gasteiger partial charge is 0.276 e. The van der Waals surface area contributed by atoms with Gasteiger partial charge in [-0.05, 0) is 36.1 Å². The third kappa shape index (κ3) is 3.36. The summed E-state index contributed by atoms with van der Waals surface area (Å²) in [4.78, 5) is 6.85. The number of nitrogens with zero attached hydrogens (tertiary/aromatic N) is 4. The van der Waals surface area contributed by atoms with Crippen molar-refractivity contribution >= 4 is 17.5 Å². The number of hydrogen-bond acceptors (Lipinski definition) is 7. The Morgan fingerprint density at radius 2 is 1.96 bits per heavy atom. The summed E-state index contributed by atoms with van der Waals surface area (Å²) < 4.78 is 5.35. The molecule has 0 spiro atoms. The van der Waals surface area contributed by atoms with Gasteiger partial charge in [0.05, 0.1) is 7.11 Å². The van der Waals surface area contributed by atoms with E-state index in [9.17, 15) is 0 Å². The van der Waals surface area contributed by atoms with Crippen LogP contribution in [0.5, 0.6) is 5.88 Å². The molecule has 28 heavy (non-hydrogen) atoms. The first-order valence-corrected chi connectivity index (χ1v) is 9.37. The van der Waals surface area contributed by atoms with Gasteiger partial charge in [0.2, 0.25) is 0 Å². The van der Waals surface area contributed by atoms with Crippen molar-refractivity contribution in [1.82, 2.24) is 15.2 Å². The molecule has 0 aliphatic carbocycles. The molecular formula is C21H24N6O. The van der Waals surface area contributed by atoms with Crippen LogP contribution >= 0.6 is 0 Å². The van der Waals surface area contributed by atoms with Gasteiger partial charge in [0.25, 0.3) is 11.8 Å². The first kappa shape index (κ1) is 18.2. The van der Waals surface area contributed by atoms with E-state index in [1.807, 2.05) is 24.3 Å². The summed E-state index contributed by atoms with van der Waals surface area (Å²) in [5.74, 6) is 1.51. The van der Waals surface area contributed by atoms with Crippen LogP contribution in [-0.4, -0.2) is 28.3 Å². The van der Waals surface area contributed by atoms with E-state index < -0.39 is 0 Å². The molecule has 2 heterocycles. The van der Waals surface area contributed by atoms with Crippen LogP contribution in [-0.2, 0) is 19.5 Å². The summed E-state index contributed by atoms with van der Waals surface area (Å²) in [6.07, 6.45) is 0.908. The van der Waals surface area contributed by atoms with Crippen molar-refractivity contribution in [2.24, 2.45) is 5.73 Å². The highest BCUT2D eigenvalue weighted by molar-refractivity contribution is 5.69. The Bertz CT molecular complexity index is 962. The highest BCUT2D eigenvalue weighted by atomic mass is 16.5. The molecule has 1 aromatic heterocycles. The molecule has 3 aromatic rings. The zero-order chi connectivity index (χ0) is 19.5. The molecule has 1 aliphatic rings. The van der Waals surface area contributed by atoms with Gasteiger partial charge in [-0.15, -0.1) is 10.2 Å². The van der Waals surface area contributed by atoms with Gasteiger partial charge in [-0.25, -0.2) is 0 Å². The average molecular weight is 376 g/mol. The zero-order valence-electron chi connectivity index (χ0n) is 16.1. The van der Waals surface area contributed by atoms with Crippen LogP contribution in [0.25, 0.3) is 0 Å². The second-order valence-corrected chi connectivity index (χ2v) is 6.85. The Morgan fingerprint density at radius 3 is 2.71 bits per heavy atom. The molecule has 7 heteroatoms. The van der Waals surface area contributed by atoms with E-state index in [4.69, 9.17) is 15.5 Å². The number of aromatic nitrogens is 3. The van der Waals surface area contributed by atoms with Crippen LogP contribution in [0.15, 0.2) is 48.5 Å². The maximum atomic E-state index is 5.92. The first-order chi connectivity index (χ1) is 13.7. The summed E-state index contributed by atoms with van der Waals surface area (Å²) in [5, 5.41) is 11.9. The summed E-state index contributed by atoms with van der Waals surface area (Å²) in [6, 6.07) is 16.5. The van der Waals surface area contributed by atoms with Gasteiger partial charge < -0.3 is 20.7 Å². The molecule has 7 nitrogen and oxygen atoms in total. The highest BCUT2D eigenvalue weighted by Gasteiger charge is 2.31. The molecule has 0 amide bonds.